The zero-order valence-electron chi connectivity index (χ0n) is 6.34. The number of methoxy groups -OCH3 is 1. The summed E-state index contributed by atoms with van der Waals surface area (Å²) < 4.78 is 9.01. The Labute approximate surface area is 63.8 Å². The molecule has 0 atom stereocenters. The van der Waals surface area contributed by atoms with Gasteiger partial charge in [0.1, 0.15) is 6.61 Å². The van der Waals surface area contributed by atoms with Crippen LogP contribution in [0.15, 0.2) is 11.1 Å². The molecule has 1 aliphatic rings. The topological polar surface area (TPSA) is 52.6 Å². The van der Waals surface area contributed by atoms with E-state index < -0.39 is 11.9 Å². The molecule has 0 aromatic rings. The Hall–Kier alpha value is -1.32. The quantitative estimate of drug-likeness (QED) is 0.503. The van der Waals surface area contributed by atoms with Crippen molar-refractivity contribution in [2.45, 2.75) is 6.92 Å². The summed E-state index contributed by atoms with van der Waals surface area (Å²) in [7, 11) is 1.27. The van der Waals surface area contributed by atoms with E-state index in [4.69, 9.17) is 0 Å². The Morgan fingerprint density at radius 2 is 2.27 bits per heavy atom. The van der Waals surface area contributed by atoms with Crippen LogP contribution in [0.25, 0.3) is 0 Å². The van der Waals surface area contributed by atoms with Crippen molar-refractivity contribution in [3.63, 3.8) is 0 Å². The molecule has 0 bridgehead atoms. The van der Waals surface area contributed by atoms with E-state index in [9.17, 15) is 9.59 Å². The largest absolute Gasteiger partial charge is 0.466 e. The van der Waals surface area contributed by atoms with Crippen molar-refractivity contribution >= 4 is 11.9 Å². The van der Waals surface area contributed by atoms with E-state index in [-0.39, 0.29) is 6.61 Å². The number of carbonyl (C=O) groups is 2. The van der Waals surface area contributed by atoms with Gasteiger partial charge in [0, 0.05) is 5.57 Å². The molecule has 4 heteroatoms. The number of rotatable bonds is 1. The van der Waals surface area contributed by atoms with Gasteiger partial charge in [-0.2, -0.15) is 0 Å². The molecule has 0 amide bonds. The van der Waals surface area contributed by atoms with E-state index >= 15 is 0 Å². The summed E-state index contributed by atoms with van der Waals surface area (Å²) in [6.07, 6.45) is 0. The molecule has 0 aromatic heterocycles. The second kappa shape index (κ2) is 2.74. The number of hydrogen-bond donors (Lipinski definition) is 0. The second-order valence-corrected chi connectivity index (χ2v) is 2.17. The summed E-state index contributed by atoms with van der Waals surface area (Å²) in [6, 6.07) is 0. The first-order chi connectivity index (χ1) is 5.16. The van der Waals surface area contributed by atoms with Crippen LogP contribution in [0.3, 0.4) is 0 Å². The Morgan fingerprint density at radius 1 is 1.64 bits per heavy atom. The molecule has 1 rings (SSSR count). The van der Waals surface area contributed by atoms with Crippen LogP contribution in [0.4, 0.5) is 0 Å². The second-order valence-electron chi connectivity index (χ2n) is 2.17. The van der Waals surface area contributed by atoms with Gasteiger partial charge in [0.05, 0.1) is 12.7 Å². The highest BCUT2D eigenvalue weighted by Crippen LogP contribution is 2.15. The fourth-order valence-corrected chi connectivity index (χ4v) is 0.813. The maximum absolute atomic E-state index is 10.9. The maximum atomic E-state index is 10.9. The van der Waals surface area contributed by atoms with Gasteiger partial charge in [-0.25, -0.2) is 9.59 Å². The minimum atomic E-state index is -0.492. The van der Waals surface area contributed by atoms with Crippen LogP contribution in [-0.4, -0.2) is 25.7 Å². The molecule has 0 fully saturated rings. The number of cyclic esters (lactones) is 1. The van der Waals surface area contributed by atoms with Crippen LogP contribution >= 0.6 is 0 Å². The van der Waals surface area contributed by atoms with Gasteiger partial charge in [0.2, 0.25) is 0 Å². The van der Waals surface area contributed by atoms with E-state index in [2.05, 4.69) is 9.47 Å². The predicted molar refractivity (Wildman–Crippen MR) is 35.7 cm³/mol. The predicted octanol–water partition coefficient (Wildman–Crippen LogP) is 0.0327. The summed E-state index contributed by atoms with van der Waals surface area (Å²) in [4.78, 5) is 21.6. The lowest BCUT2D eigenvalue weighted by atomic mass is 10.2. The summed E-state index contributed by atoms with van der Waals surface area (Å²) in [5, 5.41) is 0. The molecule has 0 saturated carbocycles. The van der Waals surface area contributed by atoms with Crippen LogP contribution in [0.1, 0.15) is 6.92 Å². The summed E-state index contributed by atoms with van der Waals surface area (Å²) in [6.45, 7) is 1.58. The van der Waals surface area contributed by atoms with Gasteiger partial charge in [-0.3, -0.25) is 0 Å². The average molecular weight is 156 g/mol. The molecule has 1 heterocycles. The third-order valence-corrected chi connectivity index (χ3v) is 1.54. The maximum Gasteiger partial charge on any atom is 0.337 e. The van der Waals surface area contributed by atoms with E-state index in [1.165, 1.54) is 7.11 Å². The van der Waals surface area contributed by atoms with Gasteiger partial charge in [-0.15, -0.1) is 0 Å². The SMILES string of the molecule is COC(=O)C1=C(C)C(=O)OC1. The van der Waals surface area contributed by atoms with Gasteiger partial charge < -0.3 is 9.47 Å². The third kappa shape index (κ3) is 1.24. The monoisotopic (exact) mass is 156 g/mol. The van der Waals surface area contributed by atoms with Crippen molar-refractivity contribution in [3.05, 3.63) is 11.1 Å². The van der Waals surface area contributed by atoms with Crippen molar-refractivity contribution in [1.29, 1.82) is 0 Å². The minimum Gasteiger partial charge on any atom is -0.466 e. The Balaban J connectivity index is 2.88. The van der Waals surface area contributed by atoms with E-state index in [0.29, 0.717) is 11.1 Å². The van der Waals surface area contributed by atoms with Gasteiger partial charge in [-0.1, -0.05) is 0 Å². The molecule has 0 spiro atoms. The van der Waals surface area contributed by atoms with Crippen LogP contribution < -0.4 is 0 Å². The van der Waals surface area contributed by atoms with Crippen molar-refractivity contribution in [3.8, 4) is 0 Å². The Bertz CT molecular complexity index is 239. The Morgan fingerprint density at radius 3 is 2.64 bits per heavy atom. The first-order valence-corrected chi connectivity index (χ1v) is 3.12. The van der Waals surface area contributed by atoms with Crippen molar-refractivity contribution in [1.82, 2.24) is 0 Å². The molecule has 60 valence electrons. The highest BCUT2D eigenvalue weighted by molar-refractivity contribution is 6.02. The molecule has 0 saturated heterocycles. The lowest BCUT2D eigenvalue weighted by molar-refractivity contribution is -0.137. The van der Waals surface area contributed by atoms with Gasteiger partial charge in [0.25, 0.3) is 0 Å². The summed E-state index contributed by atoms with van der Waals surface area (Å²) in [5.74, 6) is -0.932. The normalized spacial score (nSPS) is 16.7. The van der Waals surface area contributed by atoms with Gasteiger partial charge >= 0.3 is 11.9 Å². The van der Waals surface area contributed by atoms with Crippen LogP contribution in [0.5, 0.6) is 0 Å². The molecule has 0 aliphatic carbocycles. The van der Waals surface area contributed by atoms with Crippen LogP contribution in [-0.2, 0) is 19.1 Å². The van der Waals surface area contributed by atoms with E-state index in [1.807, 2.05) is 0 Å². The first kappa shape index (κ1) is 7.78. The standard InChI is InChI=1S/C7H8O4/c1-4-5(7(9)10-2)3-11-6(4)8/h3H2,1-2H3. The van der Waals surface area contributed by atoms with Gasteiger partial charge in [0.15, 0.2) is 0 Å². The van der Waals surface area contributed by atoms with E-state index in [0.717, 1.165) is 0 Å². The van der Waals surface area contributed by atoms with Crippen LogP contribution in [0, 0.1) is 0 Å². The van der Waals surface area contributed by atoms with Crippen molar-refractivity contribution in [2.75, 3.05) is 13.7 Å². The fourth-order valence-electron chi connectivity index (χ4n) is 0.813. The van der Waals surface area contributed by atoms with E-state index in [1.54, 1.807) is 6.92 Å². The highest BCUT2D eigenvalue weighted by Gasteiger charge is 2.26. The molecule has 11 heavy (non-hydrogen) atoms. The summed E-state index contributed by atoms with van der Waals surface area (Å²) >= 11 is 0. The smallest absolute Gasteiger partial charge is 0.337 e. The number of hydrogen-bond acceptors (Lipinski definition) is 4. The van der Waals surface area contributed by atoms with Crippen LogP contribution in [0.2, 0.25) is 0 Å². The fraction of sp³-hybridized carbons (Fsp3) is 0.429. The molecule has 0 unspecified atom stereocenters. The molecule has 0 N–H and O–H groups in total. The summed E-state index contributed by atoms with van der Waals surface area (Å²) in [5.41, 5.74) is 0.661. The average Bonchev–Trinajstić information content (AvgIpc) is 2.32. The molecular formula is C7H8O4. The van der Waals surface area contributed by atoms with Gasteiger partial charge in [-0.05, 0) is 6.92 Å². The Kier molecular flexibility index (Phi) is 1.94. The zero-order chi connectivity index (χ0) is 8.43. The molecule has 0 aromatic carbocycles. The third-order valence-electron chi connectivity index (χ3n) is 1.54. The van der Waals surface area contributed by atoms with Crippen molar-refractivity contribution < 1.29 is 19.1 Å². The molecule has 4 nitrogen and oxygen atoms in total. The highest BCUT2D eigenvalue weighted by atomic mass is 16.5. The number of ether oxygens (including phenoxy) is 2. The lowest BCUT2D eigenvalue weighted by Crippen LogP contribution is -2.06. The number of carbonyl (C=O) groups excluding carboxylic acids is 2. The molecular weight excluding hydrogens is 148 g/mol. The molecule has 1 aliphatic heterocycles. The van der Waals surface area contributed by atoms with Crippen molar-refractivity contribution in [2.24, 2.45) is 0 Å². The zero-order valence-corrected chi connectivity index (χ0v) is 6.34. The molecule has 0 radical (unpaired) electrons. The number of esters is 2. The minimum absolute atomic E-state index is 0.0390. The first-order valence-electron chi connectivity index (χ1n) is 3.12. The lowest BCUT2D eigenvalue weighted by Gasteiger charge is -1.96.